The lowest BCUT2D eigenvalue weighted by Gasteiger charge is -2.10. The van der Waals surface area contributed by atoms with Crippen LogP contribution >= 0.6 is 0 Å². The molecule has 0 saturated carbocycles. The summed E-state index contributed by atoms with van der Waals surface area (Å²) in [4.78, 5) is 20.2. The van der Waals surface area contributed by atoms with Crippen LogP contribution in [0.5, 0.6) is 11.6 Å². The van der Waals surface area contributed by atoms with Crippen molar-refractivity contribution in [3.05, 3.63) is 48.3 Å². The van der Waals surface area contributed by atoms with E-state index in [1.807, 2.05) is 47.9 Å². The van der Waals surface area contributed by atoms with Crippen LogP contribution in [0.1, 0.15) is 12.7 Å². The number of nitrogens with zero attached hydrogens (tertiary/aromatic N) is 3. The number of ether oxygens (including phenoxy) is 2. The number of aromatic nitrogens is 3. The Bertz CT molecular complexity index is 895. The number of primary amides is 1. The molecule has 0 spiro atoms. The van der Waals surface area contributed by atoms with Crippen LogP contribution in [0.25, 0.3) is 11.2 Å². The van der Waals surface area contributed by atoms with Crippen LogP contribution in [0.15, 0.2) is 42.5 Å². The molecule has 1 aromatic carbocycles. The van der Waals surface area contributed by atoms with Crippen LogP contribution in [0, 0.1) is 0 Å². The van der Waals surface area contributed by atoms with Crippen molar-refractivity contribution in [3.63, 3.8) is 0 Å². The largest absolute Gasteiger partial charge is 0.439 e. The number of amides is 1. The lowest BCUT2D eigenvalue weighted by molar-refractivity contribution is -0.117. The second kappa shape index (κ2) is 9.11. The second-order valence-corrected chi connectivity index (χ2v) is 5.85. The number of carbonyl (C=O) groups excluding carboxylic acids is 1. The highest BCUT2D eigenvalue weighted by Gasteiger charge is 2.13. The first-order chi connectivity index (χ1) is 13.2. The van der Waals surface area contributed by atoms with Crippen LogP contribution in [0.2, 0.25) is 0 Å². The number of imidazole rings is 1. The zero-order chi connectivity index (χ0) is 19.1. The molecule has 2 aromatic heterocycles. The van der Waals surface area contributed by atoms with Gasteiger partial charge in [0, 0.05) is 19.2 Å². The van der Waals surface area contributed by atoms with Crippen molar-refractivity contribution >= 4 is 17.1 Å². The van der Waals surface area contributed by atoms with Gasteiger partial charge in [-0.15, -0.1) is 0 Å². The first-order valence-electron chi connectivity index (χ1n) is 8.83. The minimum absolute atomic E-state index is 0.0878. The Hall–Kier alpha value is -2.97. The molecule has 142 valence electrons. The molecule has 27 heavy (non-hydrogen) atoms. The van der Waals surface area contributed by atoms with Crippen molar-refractivity contribution in [2.45, 2.75) is 20.0 Å². The number of pyridine rings is 1. The van der Waals surface area contributed by atoms with Gasteiger partial charge in [0.05, 0.1) is 19.7 Å². The van der Waals surface area contributed by atoms with Gasteiger partial charge in [-0.3, -0.25) is 4.79 Å². The van der Waals surface area contributed by atoms with E-state index in [2.05, 4.69) is 15.3 Å². The summed E-state index contributed by atoms with van der Waals surface area (Å²) in [6.07, 6.45) is 0. The van der Waals surface area contributed by atoms with E-state index in [1.54, 1.807) is 6.07 Å². The number of rotatable bonds is 10. The number of nitrogens with two attached hydrogens (primary N) is 1. The Morgan fingerprint density at radius 1 is 1.19 bits per heavy atom. The highest BCUT2D eigenvalue weighted by atomic mass is 16.5. The number of hydrogen-bond donors (Lipinski definition) is 2. The van der Waals surface area contributed by atoms with E-state index in [0.717, 1.165) is 11.3 Å². The molecule has 0 unspecified atom stereocenters. The van der Waals surface area contributed by atoms with Crippen molar-refractivity contribution in [3.8, 4) is 11.6 Å². The van der Waals surface area contributed by atoms with E-state index in [1.165, 1.54) is 0 Å². The van der Waals surface area contributed by atoms with Crippen molar-refractivity contribution in [2.24, 2.45) is 5.73 Å². The molecule has 0 aliphatic heterocycles. The monoisotopic (exact) mass is 369 g/mol. The third-order valence-corrected chi connectivity index (χ3v) is 3.86. The van der Waals surface area contributed by atoms with E-state index in [4.69, 9.17) is 15.2 Å². The quantitative estimate of drug-likeness (QED) is 0.529. The predicted molar refractivity (Wildman–Crippen MR) is 101 cm³/mol. The third kappa shape index (κ3) is 5.02. The van der Waals surface area contributed by atoms with Gasteiger partial charge in [-0.05, 0) is 25.1 Å². The average molecular weight is 369 g/mol. The van der Waals surface area contributed by atoms with Crippen LogP contribution in [-0.4, -0.2) is 40.2 Å². The number of fused-ring (bicyclic) bond motifs is 1. The Balaban J connectivity index is 1.87. The summed E-state index contributed by atoms with van der Waals surface area (Å²) >= 11 is 0. The van der Waals surface area contributed by atoms with Crippen LogP contribution in [-0.2, 0) is 22.6 Å². The standard InChI is InChI=1S/C19H23N5O3/c1-2-26-11-10-24-17(13-21-12-16(20)25)22-15-8-9-18(23-19(15)24)27-14-6-4-3-5-7-14/h3-9,21H,2,10-13H2,1H3,(H2,20,25). The highest BCUT2D eigenvalue weighted by molar-refractivity contribution is 5.76. The van der Waals surface area contributed by atoms with Gasteiger partial charge in [-0.2, -0.15) is 4.98 Å². The molecule has 2 heterocycles. The molecule has 0 bridgehead atoms. The number of hydrogen-bond acceptors (Lipinski definition) is 6. The molecular formula is C19H23N5O3. The van der Waals surface area contributed by atoms with Crippen molar-refractivity contribution in [2.75, 3.05) is 19.8 Å². The smallest absolute Gasteiger partial charge is 0.231 e. The first kappa shape index (κ1) is 18.8. The zero-order valence-corrected chi connectivity index (χ0v) is 15.2. The topological polar surface area (TPSA) is 104 Å². The fourth-order valence-electron chi connectivity index (χ4n) is 2.66. The van der Waals surface area contributed by atoms with Gasteiger partial charge < -0.3 is 25.1 Å². The fourth-order valence-corrected chi connectivity index (χ4v) is 2.66. The average Bonchev–Trinajstić information content (AvgIpc) is 3.00. The summed E-state index contributed by atoms with van der Waals surface area (Å²) in [5.41, 5.74) is 6.64. The third-order valence-electron chi connectivity index (χ3n) is 3.86. The molecule has 0 saturated heterocycles. The Kier molecular flexibility index (Phi) is 6.35. The summed E-state index contributed by atoms with van der Waals surface area (Å²) in [5.74, 6) is 1.55. The van der Waals surface area contributed by atoms with Crippen LogP contribution < -0.4 is 15.8 Å². The van der Waals surface area contributed by atoms with Gasteiger partial charge in [0.15, 0.2) is 5.65 Å². The molecule has 8 nitrogen and oxygen atoms in total. The molecule has 3 N–H and O–H groups in total. The Morgan fingerprint density at radius 2 is 2.00 bits per heavy atom. The molecule has 8 heteroatoms. The molecule has 1 amide bonds. The highest BCUT2D eigenvalue weighted by Crippen LogP contribution is 2.23. The predicted octanol–water partition coefficient (Wildman–Crippen LogP) is 1.83. The zero-order valence-electron chi connectivity index (χ0n) is 15.2. The number of nitrogens with one attached hydrogen (secondary N) is 1. The Morgan fingerprint density at radius 3 is 2.74 bits per heavy atom. The van der Waals surface area contributed by atoms with Crippen molar-refractivity contribution < 1.29 is 14.3 Å². The maximum absolute atomic E-state index is 11.0. The van der Waals surface area contributed by atoms with Crippen molar-refractivity contribution in [1.29, 1.82) is 0 Å². The second-order valence-electron chi connectivity index (χ2n) is 5.85. The summed E-state index contributed by atoms with van der Waals surface area (Å²) in [6, 6.07) is 13.1. The maximum atomic E-state index is 11.0. The van der Waals surface area contributed by atoms with Gasteiger partial charge in [0.1, 0.15) is 17.1 Å². The SMILES string of the molecule is CCOCCn1c(CNCC(N)=O)nc2ccc(Oc3ccccc3)nc21. The van der Waals surface area contributed by atoms with E-state index >= 15 is 0 Å². The van der Waals surface area contributed by atoms with Crippen LogP contribution in [0.3, 0.4) is 0 Å². The number of benzene rings is 1. The van der Waals surface area contributed by atoms with Gasteiger partial charge in [0.2, 0.25) is 11.8 Å². The summed E-state index contributed by atoms with van der Waals surface area (Å²) in [7, 11) is 0. The van der Waals surface area contributed by atoms with Gasteiger partial charge in [-0.1, -0.05) is 18.2 Å². The van der Waals surface area contributed by atoms with Gasteiger partial charge in [-0.25, -0.2) is 4.98 Å². The van der Waals surface area contributed by atoms with E-state index < -0.39 is 5.91 Å². The lowest BCUT2D eigenvalue weighted by Crippen LogP contribution is -2.29. The molecule has 0 aliphatic rings. The lowest BCUT2D eigenvalue weighted by atomic mass is 10.3. The molecule has 0 radical (unpaired) electrons. The van der Waals surface area contributed by atoms with E-state index in [0.29, 0.717) is 43.6 Å². The van der Waals surface area contributed by atoms with E-state index in [9.17, 15) is 4.79 Å². The fraction of sp³-hybridized carbons (Fsp3) is 0.316. The molecule has 0 atom stereocenters. The Labute approximate surface area is 157 Å². The number of para-hydroxylation sites is 1. The normalized spacial score (nSPS) is 11.0. The minimum Gasteiger partial charge on any atom is -0.439 e. The minimum atomic E-state index is -0.413. The summed E-state index contributed by atoms with van der Waals surface area (Å²) < 4.78 is 13.3. The molecule has 3 rings (SSSR count). The molecule has 3 aromatic rings. The van der Waals surface area contributed by atoms with Gasteiger partial charge >= 0.3 is 0 Å². The summed E-state index contributed by atoms with van der Waals surface area (Å²) in [6.45, 7) is 4.21. The van der Waals surface area contributed by atoms with E-state index in [-0.39, 0.29) is 6.54 Å². The molecular weight excluding hydrogens is 346 g/mol. The molecule has 0 fully saturated rings. The van der Waals surface area contributed by atoms with Crippen LogP contribution in [0.4, 0.5) is 0 Å². The number of carbonyl (C=O) groups is 1. The van der Waals surface area contributed by atoms with Gasteiger partial charge in [0.25, 0.3) is 0 Å². The first-order valence-corrected chi connectivity index (χ1v) is 8.83. The summed E-state index contributed by atoms with van der Waals surface area (Å²) in [5, 5.41) is 2.99. The molecule has 0 aliphatic carbocycles. The van der Waals surface area contributed by atoms with Crippen molar-refractivity contribution in [1.82, 2.24) is 19.9 Å². The maximum Gasteiger partial charge on any atom is 0.231 e.